The molecule has 46 heavy (non-hydrogen) atoms. The van der Waals surface area contributed by atoms with Gasteiger partial charge in [-0.2, -0.15) is 11.3 Å². The number of rotatable bonds is 22. The van der Waals surface area contributed by atoms with Crippen molar-refractivity contribution in [2.24, 2.45) is 0 Å². The summed E-state index contributed by atoms with van der Waals surface area (Å²) in [5.41, 5.74) is 6.86. The maximum atomic E-state index is 14.9. The number of ether oxygens (including phenoxy) is 2. The van der Waals surface area contributed by atoms with E-state index in [1.54, 1.807) is 30.6 Å². The van der Waals surface area contributed by atoms with Crippen molar-refractivity contribution in [3.8, 4) is 22.6 Å². The first kappa shape index (κ1) is 38.3. The van der Waals surface area contributed by atoms with Crippen LogP contribution in [0.5, 0.6) is 11.5 Å². The number of benzene rings is 2. The number of thiophene rings is 1. The van der Waals surface area contributed by atoms with Crippen LogP contribution in [0.4, 0.5) is 4.39 Å². The third-order valence-electron chi connectivity index (χ3n) is 9.28. The van der Waals surface area contributed by atoms with Crippen molar-refractivity contribution in [2.45, 2.75) is 130 Å². The summed E-state index contributed by atoms with van der Waals surface area (Å²) in [6, 6.07) is 11.8. The third kappa shape index (κ3) is 11.2. The molecule has 0 amide bonds. The SMILES string of the molecule is CCCCCCCCCCCC1=[N+](Cc2ccccc2F)CCc2c1cc(-c1ccsc1)c(OC)c2OCCCCCCCC.[Br-]. The average Bonchev–Trinajstić information content (AvgIpc) is 3.60. The van der Waals surface area contributed by atoms with E-state index in [9.17, 15) is 4.39 Å². The highest BCUT2D eigenvalue weighted by molar-refractivity contribution is 7.08. The fourth-order valence-electron chi connectivity index (χ4n) is 6.68. The molecule has 6 heteroatoms. The second-order valence-corrected chi connectivity index (χ2v) is 13.5. The van der Waals surface area contributed by atoms with Gasteiger partial charge >= 0.3 is 0 Å². The molecular formula is C40H57BrFNO2S. The lowest BCUT2D eigenvalue weighted by Gasteiger charge is -2.25. The van der Waals surface area contributed by atoms with Crippen molar-refractivity contribution in [2.75, 3.05) is 20.3 Å². The first-order valence-corrected chi connectivity index (χ1v) is 18.9. The average molecular weight is 715 g/mol. The molecule has 0 atom stereocenters. The number of methoxy groups -OCH3 is 1. The quantitative estimate of drug-likeness (QED) is 0.0767. The predicted octanol–water partition coefficient (Wildman–Crippen LogP) is 8.78. The van der Waals surface area contributed by atoms with E-state index in [-0.39, 0.29) is 22.8 Å². The fourth-order valence-corrected chi connectivity index (χ4v) is 7.34. The number of nitrogens with zero attached hydrogens (tertiary/aromatic N) is 1. The Labute approximate surface area is 293 Å². The molecule has 0 N–H and O–H groups in total. The molecule has 0 bridgehead atoms. The zero-order valence-electron chi connectivity index (χ0n) is 28.7. The number of halogens is 2. The molecule has 0 fully saturated rings. The van der Waals surface area contributed by atoms with Gasteiger partial charge in [-0.15, -0.1) is 0 Å². The molecule has 0 radical (unpaired) electrons. The highest BCUT2D eigenvalue weighted by Gasteiger charge is 2.32. The van der Waals surface area contributed by atoms with Crippen LogP contribution >= 0.6 is 11.3 Å². The van der Waals surface area contributed by atoms with Crippen molar-refractivity contribution in [3.05, 3.63) is 69.7 Å². The number of fused-ring (bicyclic) bond motifs is 1. The molecule has 2 aromatic carbocycles. The standard InChI is InChI=1S/C40H57FNO2S.BrH/c1-4-6-8-10-12-13-14-15-17-23-38-36-29-35(33-25-28-45-31-33)39(43-3)40(44-27-20-16-11-9-7-5-2)34(36)24-26-42(38)30-32-21-18-19-22-37(32)41;/h18-19,21-22,25,28-29,31H,4-17,20,23-24,26-27,30H2,1-3H3;1H/q+1;/p-1. The molecule has 0 spiro atoms. The minimum absolute atomic E-state index is 0. The van der Waals surface area contributed by atoms with Gasteiger partial charge in [0.15, 0.2) is 23.8 Å². The minimum atomic E-state index is -0.123. The van der Waals surface area contributed by atoms with E-state index in [1.807, 2.05) is 12.1 Å². The maximum absolute atomic E-state index is 14.9. The van der Waals surface area contributed by atoms with Gasteiger partial charge < -0.3 is 26.5 Å². The van der Waals surface area contributed by atoms with Crippen LogP contribution in [0.1, 0.15) is 133 Å². The maximum Gasteiger partial charge on any atom is 0.184 e. The van der Waals surface area contributed by atoms with Gasteiger partial charge in [-0.1, -0.05) is 109 Å². The van der Waals surface area contributed by atoms with Crippen LogP contribution in [0.3, 0.4) is 0 Å². The second-order valence-electron chi connectivity index (χ2n) is 12.7. The van der Waals surface area contributed by atoms with E-state index in [4.69, 9.17) is 9.47 Å². The number of hydrogen-bond acceptors (Lipinski definition) is 3. The summed E-state index contributed by atoms with van der Waals surface area (Å²) in [4.78, 5) is 0. The molecule has 0 unspecified atom stereocenters. The van der Waals surface area contributed by atoms with Gasteiger partial charge in [0.05, 0.1) is 19.3 Å². The van der Waals surface area contributed by atoms with E-state index >= 15 is 0 Å². The molecule has 254 valence electrons. The summed E-state index contributed by atoms with van der Waals surface area (Å²) in [6.45, 7) is 6.68. The molecule has 3 nitrogen and oxygen atoms in total. The lowest BCUT2D eigenvalue weighted by molar-refractivity contribution is -0.546. The molecular weight excluding hydrogens is 657 g/mol. The largest absolute Gasteiger partial charge is 1.00 e. The summed E-state index contributed by atoms with van der Waals surface area (Å²) in [5.74, 6) is 1.64. The predicted molar refractivity (Wildman–Crippen MR) is 190 cm³/mol. The first-order chi connectivity index (χ1) is 22.2. The van der Waals surface area contributed by atoms with Gasteiger partial charge in [-0.05, 0) is 53.4 Å². The highest BCUT2D eigenvalue weighted by atomic mass is 79.9. The summed E-state index contributed by atoms with van der Waals surface area (Å²) >= 11 is 1.70. The zero-order valence-corrected chi connectivity index (χ0v) is 31.1. The van der Waals surface area contributed by atoms with Gasteiger partial charge in [0.2, 0.25) is 0 Å². The highest BCUT2D eigenvalue weighted by Crippen LogP contribution is 2.45. The number of hydrogen-bond donors (Lipinski definition) is 0. The normalized spacial score (nSPS) is 12.6. The zero-order chi connectivity index (χ0) is 31.7. The molecule has 1 aromatic heterocycles. The molecule has 1 aliphatic rings. The molecule has 0 saturated carbocycles. The topological polar surface area (TPSA) is 21.5 Å². The molecule has 0 saturated heterocycles. The van der Waals surface area contributed by atoms with Crippen LogP contribution in [0.15, 0.2) is 47.2 Å². The first-order valence-electron chi connectivity index (χ1n) is 17.9. The Bertz CT molecular complexity index is 1320. The monoisotopic (exact) mass is 713 g/mol. The van der Waals surface area contributed by atoms with Gasteiger partial charge in [0, 0.05) is 29.5 Å². The Kier molecular flexibility index (Phi) is 18.0. The third-order valence-corrected chi connectivity index (χ3v) is 9.96. The summed E-state index contributed by atoms with van der Waals surface area (Å²) in [5, 5.41) is 4.32. The molecule has 0 aliphatic carbocycles. The van der Waals surface area contributed by atoms with E-state index in [0.717, 1.165) is 60.4 Å². The van der Waals surface area contributed by atoms with E-state index in [0.29, 0.717) is 13.2 Å². The van der Waals surface area contributed by atoms with E-state index in [2.05, 4.69) is 41.3 Å². The van der Waals surface area contributed by atoms with Crippen LogP contribution in [0, 0.1) is 5.82 Å². The van der Waals surface area contributed by atoms with Crippen LogP contribution in [0.2, 0.25) is 0 Å². The Morgan fingerprint density at radius 2 is 1.43 bits per heavy atom. The van der Waals surface area contributed by atoms with Crippen LogP contribution in [0.25, 0.3) is 11.1 Å². The smallest absolute Gasteiger partial charge is 0.184 e. The van der Waals surface area contributed by atoms with Crippen molar-refractivity contribution in [3.63, 3.8) is 0 Å². The molecule has 1 aliphatic heterocycles. The van der Waals surface area contributed by atoms with Gasteiger partial charge in [-0.3, -0.25) is 0 Å². The van der Waals surface area contributed by atoms with Gasteiger partial charge in [-0.25, -0.2) is 8.97 Å². The van der Waals surface area contributed by atoms with E-state index < -0.39 is 0 Å². The number of unbranched alkanes of at least 4 members (excludes halogenated alkanes) is 13. The van der Waals surface area contributed by atoms with Gasteiger partial charge in [0.25, 0.3) is 0 Å². The van der Waals surface area contributed by atoms with Gasteiger partial charge in [0.1, 0.15) is 12.4 Å². The summed E-state index contributed by atoms with van der Waals surface area (Å²) in [7, 11) is 1.77. The van der Waals surface area contributed by atoms with Crippen molar-refractivity contribution in [1.82, 2.24) is 0 Å². The lowest BCUT2D eigenvalue weighted by Crippen LogP contribution is -3.00. The van der Waals surface area contributed by atoms with Crippen LogP contribution in [-0.4, -0.2) is 30.5 Å². The van der Waals surface area contributed by atoms with Crippen molar-refractivity contribution < 1.29 is 35.4 Å². The van der Waals surface area contributed by atoms with Crippen molar-refractivity contribution in [1.29, 1.82) is 0 Å². The second kappa shape index (κ2) is 21.6. The Morgan fingerprint density at radius 3 is 2.07 bits per heavy atom. The Hall–Kier alpha value is -2.18. The minimum Gasteiger partial charge on any atom is -1.00 e. The molecule has 3 aromatic rings. The summed E-state index contributed by atoms with van der Waals surface area (Å²) < 4.78 is 30.1. The van der Waals surface area contributed by atoms with Crippen LogP contribution in [-0.2, 0) is 13.0 Å². The van der Waals surface area contributed by atoms with E-state index in [1.165, 1.54) is 100 Å². The lowest BCUT2D eigenvalue weighted by atomic mass is 9.88. The summed E-state index contributed by atoms with van der Waals surface area (Å²) in [6.07, 6.45) is 21.0. The van der Waals surface area contributed by atoms with Crippen molar-refractivity contribution >= 4 is 17.0 Å². The molecule has 2 heterocycles. The fraction of sp³-hybridized carbons (Fsp3) is 0.575. The Balaban J connectivity index is 0.00000576. The Morgan fingerprint density at radius 1 is 0.783 bits per heavy atom. The molecule has 4 rings (SSSR count). The van der Waals surface area contributed by atoms with Crippen LogP contribution < -0.4 is 26.5 Å².